The number of nitrogens with zero attached hydrogens (tertiary/aromatic N) is 2. The summed E-state index contributed by atoms with van der Waals surface area (Å²) in [6.07, 6.45) is 2.51. The van der Waals surface area contributed by atoms with Crippen LogP contribution in [0.3, 0.4) is 0 Å². The predicted molar refractivity (Wildman–Crippen MR) is 121 cm³/mol. The number of aromatic nitrogens is 1. The molecule has 2 fully saturated rings. The molecule has 0 bridgehead atoms. The summed E-state index contributed by atoms with van der Waals surface area (Å²) in [5.74, 6) is -0.657. The summed E-state index contributed by atoms with van der Waals surface area (Å²) < 4.78 is 21.8. The van der Waals surface area contributed by atoms with Gasteiger partial charge in [0.05, 0.1) is 12.6 Å². The topological polar surface area (TPSA) is 80.6 Å². The molecular formula is C24H26FN3O4S. The van der Waals surface area contributed by atoms with E-state index in [9.17, 15) is 18.8 Å². The molecule has 9 heteroatoms. The zero-order chi connectivity index (χ0) is 23.3. The lowest BCUT2D eigenvalue weighted by Crippen LogP contribution is -2.46. The number of imide groups is 1. The van der Waals surface area contributed by atoms with E-state index in [4.69, 9.17) is 4.74 Å². The number of ketones is 1. The monoisotopic (exact) mass is 471 g/mol. The number of rotatable bonds is 5. The van der Waals surface area contributed by atoms with Crippen LogP contribution in [0.2, 0.25) is 0 Å². The second-order valence-corrected chi connectivity index (χ2v) is 10.1. The Morgan fingerprint density at radius 1 is 1.30 bits per heavy atom. The first kappa shape index (κ1) is 22.2. The smallest absolute Gasteiger partial charge is 0.325 e. The largest absolute Gasteiger partial charge is 0.376 e. The average Bonchev–Trinajstić information content (AvgIpc) is 3.46. The number of hydrogen-bond acceptors (Lipinski definition) is 5. The second-order valence-electron chi connectivity index (χ2n) is 8.92. The molecule has 1 spiro atoms. The van der Waals surface area contributed by atoms with Crippen molar-refractivity contribution < 1.29 is 23.5 Å². The standard InChI is InChI=1S/C24H26FN3O4S/c1-14-10-18(15(2)27(14)12-17-4-3-8-32-17)20(29)13-28-22(30)24(26-23(28)31)7-9-33-21-6-5-16(25)11-19(21)24/h5-6,10-11,17H,3-4,7-9,12-13H2,1-2H3,(H,26,31)/t17-,24+/m0/s1. The number of halogens is 1. The van der Waals surface area contributed by atoms with Gasteiger partial charge in [0.2, 0.25) is 0 Å². The van der Waals surface area contributed by atoms with Gasteiger partial charge in [0.15, 0.2) is 5.78 Å². The molecule has 0 radical (unpaired) electrons. The number of carbonyl (C=O) groups excluding carboxylic acids is 3. The van der Waals surface area contributed by atoms with Gasteiger partial charge in [-0.2, -0.15) is 0 Å². The van der Waals surface area contributed by atoms with Crippen molar-refractivity contribution in [1.82, 2.24) is 14.8 Å². The molecule has 3 aliphatic rings. The maximum Gasteiger partial charge on any atom is 0.325 e. The van der Waals surface area contributed by atoms with Crippen LogP contribution in [0.1, 0.15) is 46.6 Å². The highest BCUT2D eigenvalue weighted by atomic mass is 32.2. The summed E-state index contributed by atoms with van der Waals surface area (Å²) in [5.41, 5.74) is 1.38. The lowest BCUT2D eigenvalue weighted by molar-refractivity contribution is -0.131. The molecule has 7 nitrogen and oxygen atoms in total. The van der Waals surface area contributed by atoms with Crippen LogP contribution in [0.25, 0.3) is 0 Å². The molecule has 3 amide bonds. The van der Waals surface area contributed by atoms with Crippen molar-refractivity contribution in [3.63, 3.8) is 0 Å². The Morgan fingerprint density at radius 3 is 2.88 bits per heavy atom. The van der Waals surface area contributed by atoms with E-state index in [2.05, 4.69) is 9.88 Å². The zero-order valence-corrected chi connectivity index (χ0v) is 19.5. The van der Waals surface area contributed by atoms with Gasteiger partial charge in [-0.3, -0.25) is 14.5 Å². The number of aryl methyl sites for hydroxylation is 1. The minimum absolute atomic E-state index is 0.133. The van der Waals surface area contributed by atoms with Gasteiger partial charge in [0.1, 0.15) is 11.4 Å². The van der Waals surface area contributed by atoms with E-state index in [-0.39, 0.29) is 18.4 Å². The minimum Gasteiger partial charge on any atom is -0.376 e. The van der Waals surface area contributed by atoms with E-state index in [1.165, 1.54) is 23.9 Å². The Hall–Kier alpha value is -2.65. The number of benzene rings is 1. The van der Waals surface area contributed by atoms with E-state index >= 15 is 0 Å². The van der Waals surface area contributed by atoms with Gasteiger partial charge in [0, 0.05) is 46.3 Å². The van der Waals surface area contributed by atoms with Gasteiger partial charge in [-0.1, -0.05) is 0 Å². The molecule has 1 aromatic carbocycles. The first-order chi connectivity index (χ1) is 15.8. The van der Waals surface area contributed by atoms with Crippen molar-refractivity contribution in [2.75, 3.05) is 18.9 Å². The van der Waals surface area contributed by atoms with Crippen molar-refractivity contribution in [1.29, 1.82) is 0 Å². The van der Waals surface area contributed by atoms with Gasteiger partial charge < -0.3 is 14.6 Å². The van der Waals surface area contributed by atoms with Crippen LogP contribution in [-0.2, 0) is 21.6 Å². The number of hydrogen-bond donors (Lipinski definition) is 1. The third-order valence-corrected chi connectivity index (χ3v) is 7.97. The Morgan fingerprint density at radius 2 is 2.12 bits per heavy atom. The van der Waals surface area contributed by atoms with Crippen molar-refractivity contribution >= 4 is 29.5 Å². The van der Waals surface area contributed by atoms with Gasteiger partial charge >= 0.3 is 6.03 Å². The van der Waals surface area contributed by atoms with E-state index in [0.29, 0.717) is 29.8 Å². The maximum atomic E-state index is 14.0. The highest BCUT2D eigenvalue weighted by Gasteiger charge is 2.54. The van der Waals surface area contributed by atoms with Crippen LogP contribution in [0.4, 0.5) is 9.18 Å². The summed E-state index contributed by atoms with van der Waals surface area (Å²) in [5, 5.41) is 2.77. The first-order valence-electron chi connectivity index (χ1n) is 11.2. The Bertz CT molecular complexity index is 1160. The quantitative estimate of drug-likeness (QED) is 0.533. The van der Waals surface area contributed by atoms with Crippen molar-refractivity contribution in [2.45, 2.75) is 56.2 Å². The van der Waals surface area contributed by atoms with E-state index in [1.807, 2.05) is 19.9 Å². The molecular weight excluding hydrogens is 445 g/mol. The molecule has 0 unspecified atom stereocenters. The Labute approximate surface area is 195 Å². The molecule has 2 saturated heterocycles. The molecule has 0 saturated carbocycles. The average molecular weight is 472 g/mol. The fraction of sp³-hybridized carbons (Fsp3) is 0.458. The SMILES string of the molecule is Cc1cc(C(=O)CN2C(=O)N[C@@]3(CCSc4ccc(F)cc43)C2=O)c(C)n1C[C@@H]1CCCO1. The van der Waals surface area contributed by atoms with Crippen LogP contribution in [0.5, 0.6) is 0 Å². The lowest BCUT2D eigenvalue weighted by Gasteiger charge is -2.32. The number of urea groups is 1. The first-order valence-corrected chi connectivity index (χ1v) is 12.2. The zero-order valence-electron chi connectivity index (χ0n) is 18.7. The molecule has 1 aromatic heterocycles. The van der Waals surface area contributed by atoms with Crippen LogP contribution in [-0.4, -0.2) is 52.2 Å². The molecule has 0 aliphatic carbocycles. The molecule has 2 aromatic rings. The van der Waals surface area contributed by atoms with E-state index < -0.39 is 23.3 Å². The number of carbonyl (C=O) groups is 3. The fourth-order valence-corrected chi connectivity index (χ4v) is 6.30. The van der Waals surface area contributed by atoms with Crippen molar-refractivity contribution in [3.05, 3.63) is 52.6 Å². The van der Waals surface area contributed by atoms with Crippen LogP contribution in [0.15, 0.2) is 29.2 Å². The number of thioether (sulfide) groups is 1. The molecule has 1 N–H and O–H groups in total. The van der Waals surface area contributed by atoms with Crippen LogP contribution >= 0.6 is 11.8 Å². The van der Waals surface area contributed by atoms with Gasteiger partial charge in [-0.05, 0) is 57.4 Å². The van der Waals surface area contributed by atoms with Gasteiger partial charge in [0.25, 0.3) is 5.91 Å². The molecule has 2 atom stereocenters. The van der Waals surface area contributed by atoms with Crippen molar-refractivity contribution in [3.8, 4) is 0 Å². The third kappa shape index (κ3) is 3.67. The van der Waals surface area contributed by atoms with E-state index in [1.54, 1.807) is 6.07 Å². The number of nitrogens with one attached hydrogen (secondary N) is 1. The lowest BCUT2D eigenvalue weighted by atomic mass is 9.86. The highest BCUT2D eigenvalue weighted by molar-refractivity contribution is 7.99. The molecule has 174 valence electrons. The van der Waals surface area contributed by atoms with Crippen molar-refractivity contribution in [2.24, 2.45) is 0 Å². The van der Waals surface area contributed by atoms with Gasteiger partial charge in [-0.25, -0.2) is 9.18 Å². The summed E-state index contributed by atoms with van der Waals surface area (Å²) in [6.45, 7) is 4.90. The summed E-state index contributed by atoms with van der Waals surface area (Å²) in [6, 6.07) is 5.47. The number of fused-ring (bicyclic) bond motifs is 2. The number of Topliss-reactive ketones (excluding diaryl/α,β-unsaturated/α-hetero) is 1. The van der Waals surface area contributed by atoms with E-state index in [0.717, 1.165) is 40.6 Å². The Balaban J connectivity index is 1.39. The highest BCUT2D eigenvalue weighted by Crippen LogP contribution is 2.44. The fourth-order valence-electron chi connectivity index (χ4n) is 5.12. The summed E-state index contributed by atoms with van der Waals surface area (Å²) in [7, 11) is 0. The predicted octanol–water partition coefficient (Wildman–Crippen LogP) is 3.55. The van der Waals surface area contributed by atoms with Gasteiger partial charge in [-0.15, -0.1) is 11.8 Å². The number of amides is 3. The Kier molecular flexibility index (Phi) is 5.56. The summed E-state index contributed by atoms with van der Waals surface area (Å²) in [4.78, 5) is 41.2. The minimum atomic E-state index is -1.32. The van der Waals surface area contributed by atoms with Crippen LogP contribution in [0, 0.1) is 19.7 Å². The normalized spacial score (nSPS) is 24.5. The number of ether oxygens (including phenoxy) is 1. The third-order valence-electron chi connectivity index (χ3n) is 6.90. The molecule has 5 rings (SSSR count). The summed E-state index contributed by atoms with van der Waals surface area (Å²) >= 11 is 1.52. The maximum absolute atomic E-state index is 14.0. The molecule has 4 heterocycles. The van der Waals surface area contributed by atoms with Crippen LogP contribution < -0.4 is 5.32 Å². The molecule has 3 aliphatic heterocycles. The molecule has 33 heavy (non-hydrogen) atoms. The second kappa shape index (κ2) is 8.29.